The van der Waals surface area contributed by atoms with Gasteiger partial charge in [-0.1, -0.05) is 29.8 Å². The average Bonchev–Trinajstić information content (AvgIpc) is 3.42. The number of carbonyl (C=O) groups is 1. The summed E-state index contributed by atoms with van der Waals surface area (Å²) in [6.07, 6.45) is 3.04. The van der Waals surface area contributed by atoms with Gasteiger partial charge in [-0.3, -0.25) is 24.3 Å². The largest absolute Gasteiger partial charge is 0.312 e. The highest BCUT2D eigenvalue weighted by Crippen LogP contribution is 2.22. The van der Waals surface area contributed by atoms with E-state index in [1.807, 2.05) is 0 Å². The zero-order valence-corrected chi connectivity index (χ0v) is 18.3. The van der Waals surface area contributed by atoms with Crippen molar-refractivity contribution in [3.63, 3.8) is 0 Å². The van der Waals surface area contributed by atoms with Crippen LogP contribution >= 0.6 is 11.6 Å². The van der Waals surface area contributed by atoms with Crippen molar-refractivity contribution >= 4 is 29.0 Å². The summed E-state index contributed by atoms with van der Waals surface area (Å²) in [5.41, 5.74) is 1.14. The van der Waals surface area contributed by atoms with Gasteiger partial charge in [0, 0.05) is 18.0 Å². The monoisotopic (exact) mass is 472 g/mol. The molecule has 11 nitrogen and oxygen atoms in total. The van der Waals surface area contributed by atoms with Gasteiger partial charge in [-0.25, -0.2) is 9.07 Å². The summed E-state index contributed by atoms with van der Waals surface area (Å²) in [6, 6.07) is 7.78. The van der Waals surface area contributed by atoms with Crippen molar-refractivity contribution in [1.29, 1.82) is 0 Å². The molecule has 0 aliphatic heterocycles. The number of hydrogen-bond donors (Lipinski definition) is 1. The Balaban J connectivity index is 1.45. The van der Waals surface area contributed by atoms with E-state index in [4.69, 9.17) is 11.6 Å². The number of rotatable bonds is 7. The molecule has 0 aliphatic carbocycles. The zero-order valence-electron chi connectivity index (χ0n) is 17.6. The fourth-order valence-electron chi connectivity index (χ4n) is 3.32. The molecule has 1 amide bonds. The summed E-state index contributed by atoms with van der Waals surface area (Å²) in [5.74, 6) is -0.805. The fourth-order valence-corrected chi connectivity index (χ4v) is 3.52. The van der Waals surface area contributed by atoms with E-state index in [0.29, 0.717) is 17.0 Å². The smallest absolute Gasteiger partial charge is 0.302 e. The van der Waals surface area contributed by atoms with Gasteiger partial charge in [-0.15, -0.1) is 0 Å². The lowest BCUT2D eigenvalue weighted by atomic mass is 10.2. The minimum atomic E-state index is -0.550. The van der Waals surface area contributed by atoms with Crippen molar-refractivity contribution in [3.8, 4) is 0 Å². The van der Waals surface area contributed by atoms with Crippen LogP contribution in [0.1, 0.15) is 27.4 Å². The first-order chi connectivity index (χ1) is 15.7. The van der Waals surface area contributed by atoms with E-state index in [-0.39, 0.29) is 41.3 Å². The van der Waals surface area contributed by atoms with E-state index in [1.54, 1.807) is 38.2 Å². The average molecular weight is 473 g/mol. The molecule has 0 saturated heterocycles. The van der Waals surface area contributed by atoms with Crippen molar-refractivity contribution < 1.29 is 14.1 Å². The third-order valence-corrected chi connectivity index (χ3v) is 5.19. The van der Waals surface area contributed by atoms with Crippen molar-refractivity contribution in [3.05, 3.63) is 86.3 Å². The fraction of sp³-hybridized carbons (Fsp3) is 0.200. The SMILES string of the molecule is Cc1nn(Cn2ccc(C(=O)Nc3nn(Cc4ccccc4F)cc3Cl)n2)c(C)c1[N+](=O)[O-]. The molecule has 0 unspecified atom stereocenters. The maximum Gasteiger partial charge on any atom is 0.312 e. The predicted molar refractivity (Wildman–Crippen MR) is 117 cm³/mol. The van der Waals surface area contributed by atoms with E-state index < -0.39 is 10.8 Å². The number of benzene rings is 1. The maximum atomic E-state index is 13.9. The first-order valence-electron chi connectivity index (χ1n) is 9.72. The van der Waals surface area contributed by atoms with Gasteiger partial charge in [-0.05, 0) is 26.0 Å². The number of nitro groups is 1. The third-order valence-electron chi connectivity index (χ3n) is 4.92. The van der Waals surface area contributed by atoms with Crippen LogP contribution in [0.15, 0.2) is 42.7 Å². The Hall–Kier alpha value is -4.06. The molecule has 0 atom stereocenters. The summed E-state index contributed by atoms with van der Waals surface area (Å²) in [4.78, 5) is 23.3. The van der Waals surface area contributed by atoms with Gasteiger partial charge >= 0.3 is 5.69 Å². The van der Waals surface area contributed by atoms with Crippen LogP contribution < -0.4 is 5.32 Å². The summed E-state index contributed by atoms with van der Waals surface area (Å²) < 4.78 is 18.1. The minimum absolute atomic E-state index is 0.0549. The first-order valence-corrected chi connectivity index (χ1v) is 10.1. The second-order valence-corrected chi connectivity index (χ2v) is 7.63. The highest BCUT2D eigenvalue weighted by molar-refractivity contribution is 6.33. The van der Waals surface area contributed by atoms with Crippen LogP contribution in [0.4, 0.5) is 15.9 Å². The number of anilines is 1. The molecule has 4 aromatic rings. The number of aromatic nitrogens is 6. The normalized spacial score (nSPS) is 11.0. The number of aryl methyl sites for hydroxylation is 1. The summed E-state index contributed by atoms with van der Waals surface area (Å²) >= 11 is 6.17. The third kappa shape index (κ3) is 4.60. The van der Waals surface area contributed by atoms with Gasteiger partial charge in [-0.2, -0.15) is 15.3 Å². The Labute approximate surface area is 191 Å². The molecule has 4 rings (SSSR count). The van der Waals surface area contributed by atoms with Crippen LogP contribution in [0.2, 0.25) is 5.02 Å². The lowest BCUT2D eigenvalue weighted by Gasteiger charge is -2.04. The second kappa shape index (κ2) is 8.82. The lowest BCUT2D eigenvalue weighted by Crippen LogP contribution is -2.16. The van der Waals surface area contributed by atoms with Crippen LogP contribution in [-0.4, -0.2) is 40.2 Å². The zero-order chi connectivity index (χ0) is 23.7. The quantitative estimate of drug-likeness (QED) is 0.324. The van der Waals surface area contributed by atoms with E-state index in [2.05, 4.69) is 20.6 Å². The summed E-state index contributed by atoms with van der Waals surface area (Å²) in [5, 5.41) is 26.5. The van der Waals surface area contributed by atoms with Gasteiger partial charge in [0.05, 0.1) is 11.5 Å². The minimum Gasteiger partial charge on any atom is -0.302 e. The molecule has 0 radical (unpaired) electrons. The molecule has 3 aromatic heterocycles. The predicted octanol–water partition coefficient (Wildman–Crippen LogP) is 3.40. The van der Waals surface area contributed by atoms with Crippen LogP contribution in [0.5, 0.6) is 0 Å². The van der Waals surface area contributed by atoms with Crippen LogP contribution in [0, 0.1) is 29.8 Å². The number of hydrogen-bond acceptors (Lipinski definition) is 6. The van der Waals surface area contributed by atoms with Gasteiger partial charge in [0.25, 0.3) is 5.91 Å². The van der Waals surface area contributed by atoms with Crippen molar-refractivity contribution in [1.82, 2.24) is 29.3 Å². The Kier molecular flexibility index (Phi) is 5.92. The molecule has 1 aromatic carbocycles. The second-order valence-electron chi connectivity index (χ2n) is 7.23. The van der Waals surface area contributed by atoms with Crippen molar-refractivity contribution in [2.24, 2.45) is 0 Å². The first kappa shape index (κ1) is 22.1. The Morgan fingerprint density at radius 1 is 1.18 bits per heavy atom. The molecule has 33 heavy (non-hydrogen) atoms. The molecular formula is C20H18ClFN8O3. The van der Waals surface area contributed by atoms with Gasteiger partial charge in [0.15, 0.2) is 11.5 Å². The van der Waals surface area contributed by atoms with E-state index in [1.165, 1.54) is 32.4 Å². The molecule has 0 fully saturated rings. The molecular weight excluding hydrogens is 455 g/mol. The Morgan fingerprint density at radius 2 is 1.94 bits per heavy atom. The van der Waals surface area contributed by atoms with Crippen LogP contribution in [-0.2, 0) is 13.2 Å². The van der Waals surface area contributed by atoms with E-state index in [0.717, 1.165) is 0 Å². The van der Waals surface area contributed by atoms with E-state index >= 15 is 0 Å². The molecule has 1 N–H and O–H groups in total. The highest BCUT2D eigenvalue weighted by Gasteiger charge is 2.22. The topological polar surface area (TPSA) is 126 Å². The van der Waals surface area contributed by atoms with E-state index in [9.17, 15) is 19.3 Å². The van der Waals surface area contributed by atoms with Crippen LogP contribution in [0.3, 0.4) is 0 Å². The van der Waals surface area contributed by atoms with Gasteiger partial charge in [0.1, 0.15) is 28.9 Å². The highest BCUT2D eigenvalue weighted by atomic mass is 35.5. The Bertz CT molecular complexity index is 1360. The van der Waals surface area contributed by atoms with Crippen molar-refractivity contribution in [2.45, 2.75) is 27.1 Å². The number of nitrogens with zero attached hydrogens (tertiary/aromatic N) is 7. The summed E-state index contributed by atoms with van der Waals surface area (Å²) in [6.45, 7) is 3.38. The standard InChI is InChI=1S/C20H18ClFN8O3/c1-12-18(30(32)33)13(2)29(24-12)11-27-8-7-17(25-27)20(31)23-19-15(21)10-28(26-19)9-14-5-3-4-6-16(14)22/h3-8,10H,9,11H2,1-2H3,(H,23,26,31). The number of nitrogens with one attached hydrogen (secondary N) is 1. The van der Waals surface area contributed by atoms with Crippen molar-refractivity contribution in [2.75, 3.05) is 5.32 Å². The summed E-state index contributed by atoms with van der Waals surface area (Å²) in [7, 11) is 0. The molecule has 0 saturated carbocycles. The Morgan fingerprint density at radius 3 is 2.64 bits per heavy atom. The molecule has 0 aliphatic rings. The maximum absolute atomic E-state index is 13.9. The van der Waals surface area contributed by atoms with Crippen LogP contribution in [0.25, 0.3) is 0 Å². The van der Waals surface area contributed by atoms with Gasteiger partial charge < -0.3 is 5.32 Å². The number of carbonyl (C=O) groups excluding carboxylic acids is 1. The molecule has 3 heterocycles. The lowest BCUT2D eigenvalue weighted by molar-refractivity contribution is -0.386. The number of amides is 1. The molecule has 0 spiro atoms. The molecule has 0 bridgehead atoms. The molecule has 170 valence electrons. The number of halogens is 2. The molecule has 13 heteroatoms. The van der Waals surface area contributed by atoms with Gasteiger partial charge in [0.2, 0.25) is 0 Å².